The zero-order chi connectivity index (χ0) is 19.0. The number of nitrogens with one attached hydrogen (secondary N) is 1. The number of benzene rings is 1. The smallest absolute Gasteiger partial charge is 0.0280 e. The van der Waals surface area contributed by atoms with Crippen molar-refractivity contribution in [1.82, 2.24) is 5.32 Å². The summed E-state index contributed by atoms with van der Waals surface area (Å²) in [5, 5.41) is 3.62. The summed E-state index contributed by atoms with van der Waals surface area (Å²) in [5.74, 6) is 3.66. The van der Waals surface area contributed by atoms with Crippen molar-refractivity contribution in [2.45, 2.75) is 59.8 Å². The number of rotatable bonds is 7. The Labute approximate surface area is 161 Å². The maximum absolute atomic E-state index is 5.90. The van der Waals surface area contributed by atoms with Gasteiger partial charge in [-0.05, 0) is 79.7 Å². The highest BCUT2D eigenvalue weighted by Crippen LogP contribution is 2.41. The van der Waals surface area contributed by atoms with Crippen LogP contribution in [0.25, 0.3) is 5.57 Å². The average molecular weight is 350 g/mol. The van der Waals surface area contributed by atoms with Crippen LogP contribution < -0.4 is 5.32 Å². The molecular weight excluding hydrogens is 314 g/mol. The first kappa shape index (κ1) is 20.5. The van der Waals surface area contributed by atoms with Gasteiger partial charge in [0.1, 0.15) is 0 Å². The summed E-state index contributed by atoms with van der Waals surface area (Å²) in [4.78, 5) is 0. The molecule has 1 saturated heterocycles. The van der Waals surface area contributed by atoms with E-state index in [0.717, 1.165) is 31.5 Å². The summed E-state index contributed by atoms with van der Waals surface area (Å²) in [5.41, 5.74) is 5.27. The zero-order valence-corrected chi connectivity index (χ0v) is 17.1. The van der Waals surface area contributed by atoms with E-state index in [1.54, 1.807) is 0 Å². The van der Waals surface area contributed by atoms with Gasteiger partial charge in [0.2, 0.25) is 0 Å². The van der Waals surface area contributed by atoms with Crippen molar-refractivity contribution in [2.24, 2.45) is 11.3 Å². The van der Waals surface area contributed by atoms with Gasteiger partial charge in [-0.1, -0.05) is 57.1 Å². The van der Waals surface area contributed by atoms with Gasteiger partial charge in [-0.2, -0.15) is 0 Å². The molecular formula is C25H35N. The summed E-state index contributed by atoms with van der Waals surface area (Å²) in [6, 6.07) is 6.71. The van der Waals surface area contributed by atoms with Crippen molar-refractivity contribution < 1.29 is 0 Å². The first-order chi connectivity index (χ1) is 12.6. The largest absolute Gasteiger partial charge is 0.316 e. The fraction of sp³-hybridized carbons (Fsp3) is 0.520. The van der Waals surface area contributed by atoms with E-state index in [9.17, 15) is 0 Å². The number of terminal acetylenes is 1. The van der Waals surface area contributed by atoms with E-state index in [1.165, 1.54) is 36.0 Å². The maximum atomic E-state index is 5.90. The Bertz CT molecular complexity index is 683. The van der Waals surface area contributed by atoms with Gasteiger partial charge < -0.3 is 5.32 Å². The molecule has 2 rings (SSSR count). The second-order valence-electron chi connectivity index (χ2n) is 7.51. The summed E-state index contributed by atoms with van der Waals surface area (Å²) >= 11 is 0. The molecule has 1 aliphatic heterocycles. The second kappa shape index (κ2) is 9.79. The van der Waals surface area contributed by atoms with E-state index in [2.05, 4.69) is 75.4 Å². The van der Waals surface area contributed by atoms with E-state index in [4.69, 9.17) is 6.42 Å². The monoisotopic (exact) mass is 349 g/mol. The lowest BCUT2D eigenvalue weighted by Gasteiger charge is -2.44. The second-order valence-corrected chi connectivity index (χ2v) is 7.51. The third kappa shape index (κ3) is 4.49. The van der Waals surface area contributed by atoms with Crippen LogP contribution in [0, 0.1) is 23.7 Å². The molecule has 1 aromatic carbocycles. The van der Waals surface area contributed by atoms with E-state index in [1.807, 2.05) is 0 Å². The molecule has 0 aliphatic carbocycles. The molecule has 0 spiro atoms. The first-order valence-electron chi connectivity index (χ1n) is 10.3. The molecule has 1 nitrogen and oxygen atoms in total. The van der Waals surface area contributed by atoms with Crippen molar-refractivity contribution in [3.8, 4) is 12.3 Å². The summed E-state index contributed by atoms with van der Waals surface area (Å²) < 4.78 is 0. The minimum Gasteiger partial charge on any atom is -0.316 e. The van der Waals surface area contributed by atoms with Crippen LogP contribution in [0.2, 0.25) is 0 Å². The highest BCUT2D eigenvalue weighted by molar-refractivity contribution is 5.75. The van der Waals surface area contributed by atoms with E-state index in [-0.39, 0.29) is 0 Å². The third-order valence-electron chi connectivity index (χ3n) is 6.33. The van der Waals surface area contributed by atoms with Crippen LogP contribution in [0.3, 0.4) is 0 Å². The normalized spacial score (nSPS) is 20.3. The Kier molecular flexibility index (Phi) is 7.73. The number of allylic oxidation sites excluding steroid dienone is 4. The third-order valence-corrected chi connectivity index (χ3v) is 6.33. The molecule has 0 bridgehead atoms. The van der Waals surface area contributed by atoms with Crippen LogP contribution in [0.1, 0.15) is 70.1 Å². The van der Waals surface area contributed by atoms with Gasteiger partial charge in [-0.15, -0.1) is 6.42 Å². The molecule has 0 radical (unpaired) electrons. The van der Waals surface area contributed by atoms with Crippen LogP contribution in [-0.2, 0) is 6.42 Å². The molecule has 1 aromatic rings. The fourth-order valence-corrected chi connectivity index (χ4v) is 4.40. The van der Waals surface area contributed by atoms with E-state index >= 15 is 0 Å². The van der Waals surface area contributed by atoms with Crippen LogP contribution >= 0.6 is 0 Å². The Morgan fingerprint density at radius 3 is 2.69 bits per heavy atom. The van der Waals surface area contributed by atoms with Crippen LogP contribution in [0.4, 0.5) is 0 Å². The highest BCUT2D eigenvalue weighted by Gasteiger charge is 2.37. The minimum atomic E-state index is 0.404. The molecule has 0 aromatic heterocycles. The lowest BCUT2D eigenvalue weighted by molar-refractivity contribution is 0.0993. The zero-order valence-electron chi connectivity index (χ0n) is 17.1. The van der Waals surface area contributed by atoms with Crippen molar-refractivity contribution in [2.75, 3.05) is 13.1 Å². The van der Waals surface area contributed by atoms with Crippen LogP contribution in [0.5, 0.6) is 0 Å². The standard InChI is InChI=1S/C25H35N/c1-6-11-12-20(7-2)22-13-14-23(21(8-3)17-22)18-24-15-16-26-19-25(24,9-4)10-5/h3,7,11-14,17,24,26H,6,9-10,15-16,18-19H2,1-2,4-5H3/b12-11-,20-7+. The van der Waals surface area contributed by atoms with E-state index < -0.39 is 0 Å². The molecule has 1 heterocycles. The molecule has 0 amide bonds. The molecule has 1 N–H and O–H groups in total. The predicted octanol–water partition coefficient (Wildman–Crippen LogP) is 6.00. The lowest BCUT2D eigenvalue weighted by Crippen LogP contribution is -2.46. The van der Waals surface area contributed by atoms with Crippen LogP contribution in [-0.4, -0.2) is 13.1 Å². The predicted molar refractivity (Wildman–Crippen MR) is 115 cm³/mol. The molecule has 1 aliphatic rings. The summed E-state index contributed by atoms with van der Waals surface area (Å²) in [6.45, 7) is 11.2. The molecule has 1 heteroatoms. The average Bonchev–Trinajstić information content (AvgIpc) is 2.69. The molecule has 0 saturated carbocycles. The maximum Gasteiger partial charge on any atom is 0.0280 e. The van der Waals surface area contributed by atoms with E-state index in [0.29, 0.717) is 11.3 Å². The van der Waals surface area contributed by atoms with Gasteiger partial charge in [0.05, 0.1) is 0 Å². The van der Waals surface area contributed by atoms with Crippen molar-refractivity contribution in [3.63, 3.8) is 0 Å². The van der Waals surface area contributed by atoms with Crippen LogP contribution in [0.15, 0.2) is 36.4 Å². The van der Waals surface area contributed by atoms with Gasteiger partial charge in [0.15, 0.2) is 0 Å². The summed E-state index contributed by atoms with van der Waals surface area (Å²) in [7, 11) is 0. The van der Waals surface area contributed by atoms with Gasteiger partial charge in [0.25, 0.3) is 0 Å². The van der Waals surface area contributed by atoms with Crippen molar-refractivity contribution in [3.05, 3.63) is 53.1 Å². The molecule has 140 valence electrons. The van der Waals surface area contributed by atoms with Gasteiger partial charge in [-0.3, -0.25) is 0 Å². The lowest BCUT2D eigenvalue weighted by atomic mass is 9.65. The number of hydrogen-bond donors (Lipinski definition) is 1. The fourth-order valence-electron chi connectivity index (χ4n) is 4.40. The SMILES string of the molecule is C#Cc1cc(C(/C=C\CC)=C/C)ccc1CC1CCNCC1(CC)CC. The minimum absolute atomic E-state index is 0.404. The van der Waals surface area contributed by atoms with Gasteiger partial charge in [0, 0.05) is 12.1 Å². The Morgan fingerprint density at radius 2 is 2.08 bits per heavy atom. The summed E-state index contributed by atoms with van der Waals surface area (Å²) in [6.07, 6.45) is 18.3. The number of hydrogen-bond acceptors (Lipinski definition) is 1. The molecule has 1 atom stereocenters. The van der Waals surface area contributed by atoms with Gasteiger partial charge >= 0.3 is 0 Å². The molecule has 26 heavy (non-hydrogen) atoms. The Hall–Kier alpha value is -1.78. The topological polar surface area (TPSA) is 12.0 Å². The number of piperidine rings is 1. The Morgan fingerprint density at radius 1 is 1.31 bits per heavy atom. The van der Waals surface area contributed by atoms with Gasteiger partial charge in [-0.25, -0.2) is 0 Å². The van der Waals surface area contributed by atoms with Crippen molar-refractivity contribution >= 4 is 5.57 Å². The first-order valence-corrected chi connectivity index (χ1v) is 10.3. The highest BCUT2D eigenvalue weighted by atomic mass is 14.9. The quantitative estimate of drug-likeness (QED) is 0.470. The van der Waals surface area contributed by atoms with Crippen molar-refractivity contribution in [1.29, 1.82) is 0 Å². The molecule has 1 unspecified atom stereocenters. The Balaban J connectivity index is 2.30. The molecule has 1 fully saturated rings.